The van der Waals surface area contributed by atoms with Gasteiger partial charge in [-0.1, -0.05) is 81.1 Å². The van der Waals surface area contributed by atoms with E-state index in [0.717, 1.165) is 11.3 Å². The van der Waals surface area contributed by atoms with Crippen molar-refractivity contribution in [3.63, 3.8) is 0 Å². The average Bonchev–Trinajstić information content (AvgIpc) is 2.65. The van der Waals surface area contributed by atoms with E-state index in [0.29, 0.717) is 5.56 Å². The summed E-state index contributed by atoms with van der Waals surface area (Å²) in [5.74, 6) is 1.06. The van der Waals surface area contributed by atoms with Crippen LogP contribution in [0.5, 0.6) is 0 Å². The van der Waals surface area contributed by atoms with Gasteiger partial charge in [-0.05, 0) is 29.9 Å². The summed E-state index contributed by atoms with van der Waals surface area (Å²) in [5, 5.41) is 3.18. The second-order valence-corrected chi connectivity index (χ2v) is 7.13. The van der Waals surface area contributed by atoms with Gasteiger partial charge in [0.1, 0.15) is 5.37 Å². The lowest BCUT2D eigenvalue weighted by Gasteiger charge is -2.19. The van der Waals surface area contributed by atoms with Crippen LogP contribution in [0.4, 0.5) is 0 Å². The van der Waals surface area contributed by atoms with Crippen LogP contribution in [-0.4, -0.2) is 11.7 Å². The van der Waals surface area contributed by atoms with E-state index in [9.17, 15) is 4.79 Å². The number of thioether (sulfide) groups is 1. The number of unbranched alkanes of at least 4 members (excludes halogenated alkanes) is 4. The standard InChI is InChI=1S/C21H27NOS/c1-2-3-4-5-12-17-24-21(19-15-10-7-11-16-19)22-20(23)18-13-8-6-9-14-18/h6-11,13-16,21H,2-5,12,17H2,1H3,(H,22,23)/t21-/m1/s1. The highest BCUT2D eigenvalue weighted by Crippen LogP contribution is 2.27. The van der Waals surface area contributed by atoms with E-state index in [-0.39, 0.29) is 11.3 Å². The number of nitrogens with one attached hydrogen (secondary N) is 1. The monoisotopic (exact) mass is 341 g/mol. The summed E-state index contributed by atoms with van der Waals surface area (Å²) >= 11 is 1.82. The minimum Gasteiger partial charge on any atom is -0.336 e. The first-order valence-corrected chi connectivity index (χ1v) is 9.88. The topological polar surface area (TPSA) is 29.1 Å². The van der Waals surface area contributed by atoms with Crippen LogP contribution >= 0.6 is 11.8 Å². The third-order valence-corrected chi connectivity index (χ3v) is 5.18. The highest BCUT2D eigenvalue weighted by atomic mass is 32.2. The Labute approximate surface area is 150 Å². The molecule has 0 unspecified atom stereocenters. The highest BCUT2D eigenvalue weighted by molar-refractivity contribution is 7.99. The second-order valence-electron chi connectivity index (χ2n) is 5.92. The second kappa shape index (κ2) is 10.9. The molecule has 2 aromatic rings. The number of hydrogen-bond acceptors (Lipinski definition) is 2. The minimum absolute atomic E-state index is 0.00470. The van der Waals surface area contributed by atoms with Gasteiger partial charge in [0.2, 0.25) is 0 Å². The lowest BCUT2D eigenvalue weighted by molar-refractivity contribution is 0.0949. The molecule has 1 atom stereocenters. The van der Waals surface area contributed by atoms with E-state index in [2.05, 4.69) is 24.4 Å². The summed E-state index contributed by atoms with van der Waals surface area (Å²) in [5.41, 5.74) is 1.86. The lowest BCUT2D eigenvalue weighted by Crippen LogP contribution is -2.26. The zero-order chi connectivity index (χ0) is 17.0. The zero-order valence-electron chi connectivity index (χ0n) is 14.4. The molecule has 128 valence electrons. The smallest absolute Gasteiger partial charge is 0.252 e. The number of hydrogen-bond donors (Lipinski definition) is 1. The molecule has 1 amide bonds. The molecule has 0 saturated carbocycles. The van der Waals surface area contributed by atoms with Gasteiger partial charge in [0.05, 0.1) is 0 Å². The molecule has 2 rings (SSSR count). The van der Waals surface area contributed by atoms with E-state index in [1.54, 1.807) is 0 Å². The Morgan fingerprint density at radius 3 is 2.21 bits per heavy atom. The number of benzene rings is 2. The lowest BCUT2D eigenvalue weighted by atomic mass is 10.2. The molecule has 0 radical (unpaired) electrons. The Morgan fingerprint density at radius 1 is 0.917 bits per heavy atom. The average molecular weight is 342 g/mol. The van der Waals surface area contributed by atoms with Crippen LogP contribution in [0.15, 0.2) is 60.7 Å². The molecule has 0 saturated heterocycles. The number of carbonyl (C=O) groups excluding carboxylic acids is 1. The Hall–Kier alpha value is -1.74. The molecule has 0 aliphatic heterocycles. The van der Waals surface area contributed by atoms with Gasteiger partial charge in [-0.15, -0.1) is 11.8 Å². The van der Waals surface area contributed by atoms with Gasteiger partial charge in [-0.25, -0.2) is 0 Å². The van der Waals surface area contributed by atoms with E-state index in [1.807, 2.05) is 60.3 Å². The van der Waals surface area contributed by atoms with Crippen LogP contribution in [0.2, 0.25) is 0 Å². The van der Waals surface area contributed by atoms with Crippen molar-refractivity contribution in [3.05, 3.63) is 71.8 Å². The maximum Gasteiger partial charge on any atom is 0.252 e. The minimum atomic E-state index is -0.0112. The Kier molecular flexibility index (Phi) is 8.47. The van der Waals surface area contributed by atoms with Crippen LogP contribution < -0.4 is 5.32 Å². The maximum atomic E-state index is 12.5. The predicted molar refractivity (Wildman–Crippen MR) is 104 cm³/mol. The fourth-order valence-electron chi connectivity index (χ4n) is 2.55. The molecule has 1 N–H and O–H groups in total. The number of carbonyl (C=O) groups is 1. The van der Waals surface area contributed by atoms with Crippen LogP contribution in [0.25, 0.3) is 0 Å². The molecule has 0 aliphatic rings. The fraction of sp³-hybridized carbons (Fsp3) is 0.381. The van der Waals surface area contributed by atoms with E-state index >= 15 is 0 Å². The Balaban J connectivity index is 1.92. The van der Waals surface area contributed by atoms with Crippen molar-refractivity contribution in [3.8, 4) is 0 Å². The van der Waals surface area contributed by atoms with Gasteiger partial charge in [-0.2, -0.15) is 0 Å². The molecule has 3 heteroatoms. The summed E-state index contributed by atoms with van der Waals surface area (Å²) in [4.78, 5) is 12.5. The van der Waals surface area contributed by atoms with Gasteiger partial charge >= 0.3 is 0 Å². The SMILES string of the molecule is CCCCCCCS[C@@H](NC(=O)c1ccccc1)c1ccccc1. The molecular weight excluding hydrogens is 314 g/mol. The highest BCUT2D eigenvalue weighted by Gasteiger charge is 2.15. The molecule has 2 aromatic carbocycles. The van der Waals surface area contributed by atoms with E-state index in [1.165, 1.54) is 32.1 Å². The molecule has 2 nitrogen and oxygen atoms in total. The molecule has 0 bridgehead atoms. The van der Waals surface area contributed by atoms with E-state index < -0.39 is 0 Å². The fourth-order valence-corrected chi connectivity index (χ4v) is 3.69. The molecule has 0 aliphatic carbocycles. The van der Waals surface area contributed by atoms with Crippen LogP contribution in [0.1, 0.15) is 60.3 Å². The van der Waals surface area contributed by atoms with Gasteiger partial charge in [-0.3, -0.25) is 4.79 Å². The molecule has 0 heterocycles. The molecule has 24 heavy (non-hydrogen) atoms. The van der Waals surface area contributed by atoms with Crippen molar-refractivity contribution in [1.82, 2.24) is 5.32 Å². The quantitative estimate of drug-likeness (QED) is 0.436. The van der Waals surface area contributed by atoms with Gasteiger partial charge in [0.25, 0.3) is 5.91 Å². The van der Waals surface area contributed by atoms with Crippen molar-refractivity contribution < 1.29 is 4.79 Å². The third-order valence-electron chi connectivity index (χ3n) is 3.93. The van der Waals surface area contributed by atoms with Gasteiger partial charge < -0.3 is 5.32 Å². The summed E-state index contributed by atoms with van der Waals surface area (Å²) in [6.07, 6.45) is 6.37. The summed E-state index contributed by atoms with van der Waals surface area (Å²) in [6, 6.07) is 19.7. The molecule has 0 spiro atoms. The van der Waals surface area contributed by atoms with Crippen LogP contribution in [-0.2, 0) is 0 Å². The molecular formula is C21H27NOS. The summed E-state index contributed by atoms with van der Waals surface area (Å²) in [6.45, 7) is 2.24. The van der Waals surface area contributed by atoms with Crippen molar-refractivity contribution in [1.29, 1.82) is 0 Å². The number of amides is 1. The normalized spacial score (nSPS) is 11.9. The van der Waals surface area contributed by atoms with Crippen molar-refractivity contribution in [2.75, 3.05) is 5.75 Å². The Bertz CT molecular complexity index is 585. The summed E-state index contributed by atoms with van der Waals surface area (Å²) < 4.78 is 0. The Morgan fingerprint density at radius 2 is 1.54 bits per heavy atom. The largest absolute Gasteiger partial charge is 0.336 e. The van der Waals surface area contributed by atoms with Crippen LogP contribution in [0, 0.1) is 0 Å². The van der Waals surface area contributed by atoms with Gasteiger partial charge in [0.15, 0.2) is 0 Å². The van der Waals surface area contributed by atoms with Crippen molar-refractivity contribution in [2.24, 2.45) is 0 Å². The molecule has 0 fully saturated rings. The zero-order valence-corrected chi connectivity index (χ0v) is 15.2. The molecule has 0 aromatic heterocycles. The van der Waals surface area contributed by atoms with Gasteiger partial charge in [0, 0.05) is 5.56 Å². The van der Waals surface area contributed by atoms with Crippen LogP contribution in [0.3, 0.4) is 0 Å². The van der Waals surface area contributed by atoms with Crippen molar-refractivity contribution >= 4 is 17.7 Å². The first-order chi connectivity index (χ1) is 11.8. The van der Waals surface area contributed by atoms with Crippen molar-refractivity contribution in [2.45, 2.75) is 44.4 Å². The predicted octanol–water partition coefficient (Wildman–Crippen LogP) is 5.82. The first kappa shape index (κ1) is 18.6. The summed E-state index contributed by atoms with van der Waals surface area (Å²) in [7, 11) is 0. The first-order valence-electron chi connectivity index (χ1n) is 8.83. The third kappa shape index (κ3) is 6.40. The van der Waals surface area contributed by atoms with E-state index in [4.69, 9.17) is 0 Å². The maximum absolute atomic E-state index is 12.5. The number of rotatable bonds is 10.